The van der Waals surface area contributed by atoms with Gasteiger partial charge in [0.25, 0.3) is 5.91 Å². The maximum Gasteiger partial charge on any atom is 0.253 e. The smallest absolute Gasteiger partial charge is 0.253 e. The normalized spacial score (nSPS) is 20.4. The summed E-state index contributed by atoms with van der Waals surface area (Å²) in [4.78, 5) is 14.6. The first-order valence-corrected chi connectivity index (χ1v) is 9.72. The molecule has 1 aromatic rings. The Kier molecular flexibility index (Phi) is 4.47. The molecular weight excluding hydrogens is 312 g/mol. The summed E-state index contributed by atoms with van der Waals surface area (Å²) in [5, 5.41) is 0. The van der Waals surface area contributed by atoms with E-state index < -0.39 is 10.0 Å². The Morgan fingerprint density at radius 3 is 2.52 bits per heavy atom. The number of hydrogen-bond acceptors (Lipinski definition) is 3. The van der Waals surface area contributed by atoms with Crippen LogP contribution in [0.4, 0.5) is 0 Å². The topological polar surface area (TPSA) is 57.7 Å². The zero-order valence-corrected chi connectivity index (χ0v) is 14.6. The monoisotopic (exact) mass is 336 g/mol. The van der Waals surface area contributed by atoms with Crippen molar-refractivity contribution in [3.8, 4) is 0 Å². The summed E-state index contributed by atoms with van der Waals surface area (Å²) < 4.78 is 26.8. The number of amides is 1. The molecule has 3 rings (SSSR count). The molecule has 1 aromatic carbocycles. The number of carbonyl (C=O) groups is 1. The first-order chi connectivity index (χ1) is 10.9. The number of rotatable bonds is 5. The lowest BCUT2D eigenvalue weighted by Crippen LogP contribution is -2.36. The Morgan fingerprint density at radius 1 is 1.26 bits per heavy atom. The molecule has 1 atom stereocenters. The van der Waals surface area contributed by atoms with E-state index in [0.29, 0.717) is 24.6 Å². The summed E-state index contributed by atoms with van der Waals surface area (Å²) >= 11 is 0. The maximum absolute atomic E-state index is 12.6. The summed E-state index contributed by atoms with van der Waals surface area (Å²) in [6, 6.07) is 6.65. The number of nitrogens with zero attached hydrogens (tertiary/aromatic N) is 2. The highest BCUT2D eigenvalue weighted by Crippen LogP contribution is 2.35. The molecule has 0 radical (unpaired) electrons. The molecule has 0 unspecified atom stereocenters. The predicted octanol–water partition coefficient (Wildman–Crippen LogP) is 2.34. The minimum atomic E-state index is -3.48. The first-order valence-electron chi connectivity index (χ1n) is 8.28. The van der Waals surface area contributed by atoms with Gasteiger partial charge in [-0.05, 0) is 56.7 Å². The fourth-order valence-corrected chi connectivity index (χ4v) is 4.71. The molecular formula is C17H24N2O3S. The van der Waals surface area contributed by atoms with Crippen molar-refractivity contribution in [3.63, 3.8) is 0 Å². The maximum atomic E-state index is 12.6. The van der Waals surface area contributed by atoms with E-state index in [0.717, 1.165) is 12.8 Å². The van der Waals surface area contributed by atoms with E-state index >= 15 is 0 Å². The summed E-state index contributed by atoms with van der Waals surface area (Å²) in [6.45, 7) is 3.19. The van der Waals surface area contributed by atoms with Gasteiger partial charge in [-0.2, -0.15) is 4.31 Å². The minimum Gasteiger partial charge on any atom is -0.339 e. The molecule has 1 amide bonds. The van der Waals surface area contributed by atoms with Gasteiger partial charge in [0.1, 0.15) is 0 Å². The molecule has 126 valence electrons. The number of hydrogen-bond donors (Lipinski definition) is 0. The van der Waals surface area contributed by atoms with Crippen LogP contribution in [0.5, 0.6) is 0 Å². The van der Waals surface area contributed by atoms with E-state index in [-0.39, 0.29) is 16.8 Å². The van der Waals surface area contributed by atoms with Crippen LogP contribution in [0.25, 0.3) is 0 Å². The molecule has 6 heteroatoms. The average molecular weight is 336 g/mol. The van der Waals surface area contributed by atoms with Crippen molar-refractivity contribution in [2.24, 2.45) is 5.92 Å². The van der Waals surface area contributed by atoms with Gasteiger partial charge in [-0.25, -0.2) is 8.42 Å². The molecule has 0 aromatic heterocycles. The Bertz CT molecular complexity index is 692. The average Bonchev–Trinajstić information content (AvgIpc) is 3.26. The molecule has 2 aliphatic rings. The quantitative estimate of drug-likeness (QED) is 0.829. The standard InChI is InChI=1S/C17H24N2O3S/c1-13(14-8-9-14)18(2)17(20)15-6-5-7-16(12-15)23(21,22)19-10-3-4-11-19/h5-7,12-14H,3-4,8-11H2,1-2H3/t13-/m0/s1. The van der Waals surface area contributed by atoms with Crippen molar-refractivity contribution < 1.29 is 13.2 Å². The molecule has 1 aliphatic heterocycles. The lowest BCUT2D eigenvalue weighted by atomic mass is 10.1. The van der Waals surface area contributed by atoms with Crippen molar-refractivity contribution in [3.05, 3.63) is 29.8 Å². The number of benzene rings is 1. The third-order valence-corrected chi connectivity index (χ3v) is 6.91. The molecule has 1 heterocycles. The molecule has 2 fully saturated rings. The Balaban J connectivity index is 1.83. The largest absolute Gasteiger partial charge is 0.339 e. The van der Waals surface area contributed by atoms with E-state index in [1.165, 1.54) is 23.2 Å². The van der Waals surface area contributed by atoms with Crippen molar-refractivity contribution in [2.75, 3.05) is 20.1 Å². The molecule has 1 saturated carbocycles. The highest BCUT2D eigenvalue weighted by atomic mass is 32.2. The van der Waals surface area contributed by atoms with Crippen LogP contribution in [0, 0.1) is 5.92 Å². The van der Waals surface area contributed by atoms with Gasteiger partial charge in [0.2, 0.25) is 10.0 Å². The number of carbonyl (C=O) groups excluding carboxylic acids is 1. The summed E-state index contributed by atoms with van der Waals surface area (Å²) in [5.41, 5.74) is 0.445. The first kappa shape index (κ1) is 16.5. The van der Waals surface area contributed by atoms with Gasteiger partial charge in [-0.1, -0.05) is 6.07 Å². The lowest BCUT2D eigenvalue weighted by Gasteiger charge is -2.25. The molecule has 1 saturated heterocycles. The minimum absolute atomic E-state index is 0.108. The van der Waals surface area contributed by atoms with Crippen molar-refractivity contribution in [1.29, 1.82) is 0 Å². The van der Waals surface area contributed by atoms with Gasteiger partial charge in [-0.15, -0.1) is 0 Å². The molecule has 0 bridgehead atoms. The highest BCUT2D eigenvalue weighted by Gasteiger charge is 2.33. The summed E-state index contributed by atoms with van der Waals surface area (Å²) in [7, 11) is -1.68. The van der Waals surface area contributed by atoms with Gasteiger partial charge in [0, 0.05) is 31.7 Å². The van der Waals surface area contributed by atoms with Crippen molar-refractivity contribution in [1.82, 2.24) is 9.21 Å². The van der Waals surface area contributed by atoms with Crippen LogP contribution in [0.2, 0.25) is 0 Å². The zero-order valence-electron chi connectivity index (χ0n) is 13.7. The zero-order chi connectivity index (χ0) is 16.6. The predicted molar refractivity (Wildman–Crippen MR) is 88.7 cm³/mol. The molecule has 23 heavy (non-hydrogen) atoms. The summed E-state index contributed by atoms with van der Waals surface area (Å²) in [5.74, 6) is 0.475. The van der Waals surface area contributed by atoms with Crippen molar-refractivity contribution >= 4 is 15.9 Å². The van der Waals surface area contributed by atoms with Crippen LogP contribution >= 0.6 is 0 Å². The van der Waals surface area contributed by atoms with Gasteiger partial charge < -0.3 is 4.90 Å². The lowest BCUT2D eigenvalue weighted by molar-refractivity contribution is 0.0727. The third kappa shape index (κ3) is 3.28. The SMILES string of the molecule is C[C@@H](C1CC1)N(C)C(=O)c1cccc(S(=O)(=O)N2CCCC2)c1. The van der Waals surface area contributed by atoms with Gasteiger partial charge in [0.15, 0.2) is 0 Å². The molecule has 5 nitrogen and oxygen atoms in total. The van der Waals surface area contributed by atoms with Crippen LogP contribution < -0.4 is 0 Å². The Hall–Kier alpha value is -1.40. The van der Waals surface area contributed by atoms with Crippen molar-refractivity contribution in [2.45, 2.75) is 43.5 Å². The molecule has 0 spiro atoms. The second-order valence-corrected chi connectivity index (χ2v) is 8.57. The van der Waals surface area contributed by atoms with Gasteiger partial charge >= 0.3 is 0 Å². The Morgan fingerprint density at radius 2 is 1.91 bits per heavy atom. The Labute approximate surface area is 138 Å². The fraction of sp³-hybridized carbons (Fsp3) is 0.588. The van der Waals surface area contributed by atoms with Gasteiger partial charge in [0.05, 0.1) is 4.90 Å². The van der Waals surface area contributed by atoms with E-state index in [4.69, 9.17) is 0 Å². The third-order valence-electron chi connectivity index (χ3n) is 5.02. The molecule has 0 N–H and O–H groups in total. The second kappa shape index (κ2) is 6.24. The van der Waals surface area contributed by atoms with E-state index in [1.54, 1.807) is 30.1 Å². The van der Waals surface area contributed by atoms with Crippen LogP contribution in [-0.2, 0) is 10.0 Å². The highest BCUT2D eigenvalue weighted by molar-refractivity contribution is 7.89. The second-order valence-electron chi connectivity index (χ2n) is 6.63. The van der Waals surface area contributed by atoms with Crippen LogP contribution in [0.15, 0.2) is 29.2 Å². The number of sulfonamides is 1. The van der Waals surface area contributed by atoms with Crippen LogP contribution in [0.1, 0.15) is 43.0 Å². The fourth-order valence-electron chi connectivity index (χ4n) is 3.15. The summed E-state index contributed by atoms with van der Waals surface area (Å²) in [6.07, 6.45) is 4.14. The van der Waals surface area contributed by atoms with Crippen LogP contribution in [-0.4, -0.2) is 49.7 Å². The van der Waals surface area contributed by atoms with E-state index in [1.807, 2.05) is 0 Å². The van der Waals surface area contributed by atoms with Gasteiger partial charge in [-0.3, -0.25) is 4.79 Å². The molecule has 1 aliphatic carbocycles. The van der Waals surface area contributed by atoms with Crippen LogP contribution in [0.3, 0.4) is 0 Å². The van der Waals surface area contributed by atoms with E-state index in [2.05, 4.69) is 6.92 Å². The van der Waals surface area contributed by atoms with E-state index in [9.17, 15) is 13.2 Å².